The first-order chi connectivity index (χ1) is 62.0. The van der Waals surface area contributed by atoms with Gasteiger partial charge in [0.2, 0.25) is 5.69 Å². The van der Waals surface area contributed by atoms with Gasteiger partial charge < -0.3 is 27.6 Å². The zero-order valence-corrected chi connectivity index (χ0v) is 95.5. The molecule has 0 radical (unpaired) electrons. The number of fused-ring (bicyclic) bond motifs is 11. The van der Waals surface area contributed by atoms with Crippen LogP contribution in [0.5, 0.6) is 0 Å². The summed E-state index contributed by atoms with van der Waals surface area (Å²) in [6.07, 6.45) is 40.8. The number of aromatic nitrogens is 8. The third kappa shape index (κ3) is 23.3. The van der Waals surface area contributed by atoms with Gasteiger partial charge in [0.1, 0.15) is 66.1 Å². The van der Waals surface area contributed by atoms with E-state index in [0.717, 1.165) is 110 Å². The predicted octanol–water partition coefficient (Wildman–Crippen LogP) is 25.1. The third-order valence-electron chi connectivity index (χ3n) is 36.9. The van der Waals surface area contributed by atoms with Gasteiger partial charge in [0.15, 0.2) is 47.6 Å². The lowest BCUT2D eigenvalue weighted by Gasteiger charge is -2.59. The minimum Gasteiger partial charge on any atom is -0.365 e. The highest BCUT2D eigenvalue weighted by Gasteiger charge is 2.61. The monoisotopic (exact) mass is 1870 g/mol. The number of piperidine rings is 3. The molecule has 0 saturated carbocycles. The number of piperazine rings is 1. The van der Waals surface area contributed by atoms with Crippen molar-refractivity contribution < 1.29 is 44.4 Å². The van der Waals surface area contributed by atoms with Gasteiger partial charge in [-0.25, -0.2) is 18.3 Å². The number of quaternary nitrogens is 4. The summed E-state index contributed by atoms with van der Waals surface area (Å²) in [6, 6.07) is 12.3. The highest BCUT2D eigenvalue weighted by Crippen LogP contribution is 2.53. The Morgan fingerprint density at radius 1 is 0.447 bits per heavy atom. The maximum absolute atomic E-state index is 5.54. The van der Waals surface area contributed by atoms with Crippen LogP contribution in [0.3, 0.4) is 0 Å². The normalized spacial score (nSPS) is 27.8. The molecule has 2 aliphatic carbocycles. The highest BCUT2D eigenvalue weighted by atomic mass is 32.1. The minimum absolute atomic E-state index is 0.514. The maximum Gasteiger partial charge on any atom is 0.283 e. The Labute approximate surface area is 823 Å². The lowest BCUT2D eigenvalue weighted by atomic mass is 9.72. The van der Waals surface area contributed by atoms with Crippen LogP contribution in [0, 0.1) is 29.6 Å². The summed E-state index contributed by atoms with van der Waals surface area (Å²) in [6.45, 7) is 97.7. The quantitative estimate of drug-likeness (QED) is 0.0649. The van der Waals surface area contributed by atoms with Crippen LogP contribution in [0.25, 0.3) is 0 Å². The van der Waals surface area contributed by atoms with Crippen molar-refractivity contribution in [3.05, 3.63) is 80.3 Å². The summed E-state index contributed by atoms with van der Waals surface area (Å²) >= 11 is 3.90. The Kier molecular flexibility index (Phi) is 39.2. The van der Waals surface area contributed by atoms with E-state index in [1.807, 2.05) is 23.1 Å². The van der Waals surface area contributed by atoms with Crippen molar-refractivity contribution in [1.82, 2.24) is 18.7 Å². The zero-order valence-electron chi connectivity index (χ0n) is 93.9. The second kappa shape index (κ2) is 46.9. The first kappa shape index (κ1) is 110. The Morgan fingerprint density at radius 3 is 1.46 bits per heavy atom. The van der Waals surface area contributed by atoms with Crippen molar-refractivity contribution in [3.8, 4) is 0 Å². The molecule has 0 aromatic carbocycles. The molecule has 5 aromatic heterocycles. The number of hydrogen-bond donors (Lipinski definition) is 0. The van der Waals surface area contributed by atoms with Crippen LogP contribution in [-0.4, -0.2) is 175 Å². The van der Waals surface area contributed by atoms with Crippen LogP contribution in [0.1, 0.15) is 480 Å². The van der Waals surface area contributed by atoms with Crippen molar-refractivity contribution >= 4 is 28.1 Å². The van der Waals surface area contributed by atoms with Gasteiger partial charge >= 0.3 is 0 Å². The first-order valence-electron chi connectivity index (χ1n) is 56.0. The van der Waals surface area contributed by atoms with Crippen LogP contribution in [-0.2, 0) is 70.0 Å². The largest absolute Gasteiger partial charge is 0.365 e. The van der Waals surface area contributed by atoms with E-state index in [2.05, 4.69) is 334 Å². The minimum atomic E-state index is 0.514. The smallest absolute Gasteiger partial charge is 0.283 e. The fourth-order valence-corrected chi connectivity index (χ4v) is 31.4. The molecular weight excluding hydrogens is 1660 g/mol. The molecule has 7 atom stereocenters. The van der Waals surface area contributed by atoms with Gasteiger partial charge in [0.05, 0.1) is 149 Å². The maximum atomic E-state index is 5.54. The molecule has 8 fully saturated rings. The number of ether oxygens (including phenoxy) is 1. The number of likely N-dealkylation sites (tertiary alicyclic amines) is 1. The molecule has 18 rings (SSSR count). The molecule has 0 spiro atoms. The second-order valence-corrected chi connectivity index (χ2v) is 52.1. The van der Waals surface area contributed by atoms with Gasteiger partial charge in [-0.3, -0.25) is 4.90 Å². The molecule has 5 aromatic rings. The number of nitrogens with zero attached hydrogens (tertiary/aromatic N) is 14. The molecule has 13 aliphatic rings. The Balaban J connectivity index is 0.000000154. The lowest BCUT2D eigenvalue weighted by molar-refractivity contribution is -0.986. The zero-order chi connectivity index (χ0) is 97.6. The summed E-state index contributed by atoms with van der Waals surface area (Å²) in [5, 5.41) is 1.49. The van der Waals surface area contributed by atoms with Gasteiger partial charge in [-0.1, -0.05) is 96.9 Å². The topological polar surface area (TPSA) is 49.9 Å². The van der Waals surface area contributed by atoms with Crippen molar-refractivity contribution in [3.63, 3.8) is 0 Å². The van der Waals surface area contributed by atoms with Gasteiger partial charge in [-0.05, 0) is 247 Å². The standard InChI is InChI=1S/C15H30N.C14H29N2.C13H23N2.2C13H26N.C12H21N2O.C12H21N2.C12H20NS.C11H19N2S/c1-11(2)13-9-14-7-6-8-15(10-13)16(14,5)12(3)4;1-11(2)15-9-13-7-6-8-14(10-15)16(13,5)12(3)4;1-9(2)13-11-7-6-8-12(11)15(10(3)4)14(13)5;1-11(2)13-7-5-9-14(13,12(3)4)10-6-8-13;1-10(2)12-7-9-14(11(3)4)8-5-6-13(12)14;1-9(2)11-7-14(10(3)4)12-8-15-6-5-13(11)12;1-9(2)11-8-14(10(3)4)12-6-5-7-13(11)12;1-8(2)12-10-6-5-7-11(10)13(14-12)9(3)4;1-8(2)12-6-5-10-7-13(9(3)4)14-11(10)12/h11-15H,6-10H2,1-5H3;11-14H,6-10H2,1-5H3;9-10H,6-8H2,1-5H3;11-12H,5-10H2,1-4H3;10-13H,5-9H2,1-4H3;7,9-10H,5-6,8H2,1-4H3;8-10H,5-7H2,1-4H3;8-9H,5-7H2,1-4H3;7-9H,5-6H2,1-4H3/q9*+1. The number of imidazole rings is 2. The van der Waals surface area contributed by atoms with E-state index in [0.29, 0.717) is 65.5 Å². The van der Waals surface area contributed by atoms with Gasteiger partial charge in [-0.2, -0.15) is 4.68 Å². The van der Waals surface area contributed by atoms with Gasteiger partial charge in [-0.15, -0.1) is 12.6 Å². The predicted molar refractivity (Wildman–Crippen MR) is 562 cm³/mol. The summed E-state index contributed by atoms with van der Waals surface area (Å²) in [7, 11) is 7.26. The van der Waals surface area contributed by atoms with Crippen LogP contribution in [0.15, 0.2) is 18.6 Å². The molecule has 132 heavy (non-hydrogen) atoms. The Bertz CT molecular complexity index is 4060. The summed E-state index contributed by atoms with van der Waals surface area (Å²) in [5.41, 5.74) is 13.2. The summed E-state index contributed by atoms with van der Waals surface area (Å²) < 4.78 is 30.7. The second-order valence-electron chi connectivity index (χ2n) is 50.1. The molecule has 17 heteroatoms. The van der Waals surface area contributed by atoms with Crippen molar-refractivity contribution in [2.75, 3.05) is 71.4 Å². The van der Waals surface area contributed by atoms with Crippen LogP contribution in [0.4, 0.5) is 5.00 Å². The average Bonchev–Trinajstić information content (AvgIpc) is 1.57. The summed E-state index contributed by atoms with van der Waals surface area (Å²) in [4.78, 5) is 6.85. The molecule has 754 valence electrons. The number of hydrogen-bond acceptors (Lipinski definition) is 5. The number of anilines is 1. The van der Waals surface area contributed by atoms with Gasteiger partial charge in [0, 0.05) is 136 Å². The average molecular weight is 1870 g/mol. The van der Waals surface area contributed by atoms with Crippen LogP contribution >= 0.6 is 23.1 Å². The highest BCUT2D eigenvalue weighted by molar-refractivity contribution is 7.06. The van der Waals surface area contributed by atoms with E-state index < -0.39 is 0 Å². The Morgan fingerprint density at radius 2 is 0.992 bits per heavy atom. The number of likely N-dealkylation sites (N-methyl/N-ethyl adjacent to an activating group) is 1. The van der Waals surface area contributed by atoms with Crippen LogP contribution < -0.4 is 26.6 Å². The molecule has 8 saturated heterocycles. The van der Waals surface area contributed by atoms with E-state index in [9.17, 15) is 0 Å². The van der Waals surface area contributed by atoms with E-state index in [-0.39, 0.29) is 0 Å². The van der Waals surface area contributed by atoms with Crippen LogP contribution in [0.2, 0.25) is 0 Å². The summed E-state index contributed by atoms with van der Waals surface area (Å²) in [5.74, 6) is 10.1. The van der Waals surface area contributed by atoms with E-state index >= 15 is 0 Å². The molecule has 0 N–H and O–H groups in total. The molecule has 16 heterocycles. The molecule has 11 aliphatic heterocycles. The molecule has 4 bridgehead atoms. The number of rotatable bonds is 18. The first-order valence-corrected chi connectivity index (χ1v) is 57.6. The fraction of sp³-hybridized carbons (Fsp3) is 0.870. The lowest BCUT2D eigenvalue weighted by Crippen LogP contribution is -2.73. The van der Waals surface area contributed by atoms with Crippen molar-refractivity contribution in [2.24, 2.45) is 36.6 Å². The van der Waals surface area contributed by atoms with Crippen molar-refractivity contribution in [1.29, 1.82) is 0 Å². The van der Waals surface area contributed by atoms with E-state index in [1.54, 1.807) is 33.1 Å². The molecule has 7 unspecified atom stereocenters. The Hall–Kier alpha value is -3.55. The molecule has 0 amide bonds. The van der Waals surface area contributed by atoms with E-state index in [4.69, 9.17) is 4.74 Å². The van der Waals surface area contributed by atoms with Gasteiger partial charge in [0.25, 0.3) is 11.6 Å². The van der Waals surface area contributed by atoms with Crippen molar-refractivity contribution in [2.45, 2.75) is 549 Å². The SMILES string of the molecule is CC(C)C12CCC[N+]1(C(C)C)CCC2.CC(C)C1CC2CCCC(C1)[N+]2(C)C(C)C.CC(C)C1CC[N+]2(C(C)C)CCCC12.CC(C)N1CC2CCCC(C1)[N+]2(C)C(C)C.CC(C)N1CCc2c[n+](C(C)C)sc21.CC(C)c1c2c(n(C(C)C)[n+]1C)CCC2.CC(C)c1c[n+](C(C)C)c2n1CCC2.CC(C)c1c[n+](C(C)C)c2n1CCOC2.CC(C)c1s[n+](C(C)C)c2c1CCC2. The van der Waals surface area contributed by atoms with E-state index in [1.165, 1.54) is 258 Å². The fourth-order valence-electron chi connectivity index (χ4n) is 28.9. The molecular formula is C115H215N14OS2+9. The molecule has 15 nitrogen and oxygen atoms in total. The third-order valence-corrected chi connectivity index (χ3v) is 40.0.